The lowest BCUT2D eigenvalue weighted by molar-refractivity contribution is -0.0819. The first-order valence-electron chi connectivity index (χ1n) is 8.49. The van der Waals surface area contributed by atoms with Crippen LogP contribution in [-0.4, -0.2) is 49.0 Å². The molecule has 1 saturated heterocycles. The Morgan fingerprint density at radius 1 is 1.17 bits per heavy atom. The summed E-state index contributed by atoms with van der Waals surface area (Å²) in [4.78, 5) is 9.56. The van der Waals surface area contributed by atoms with Gasteiger partial charge >= 0.3 is 0 Å². The van der Waals surface area contributed by atoms with Gasteiger partial charge in [0.1, 0.15) is 5.82 Å². The Morgan fingerprint density at radius 2 is 2.08 bits per heavy atom. The molecule has 0 amide bonds. The van der Waals surface area contributed by atoms with Crippen molar-refractivity contribution in [1.82, 2.24) is 15.3 Å². The van der Waals surface area contributed by atoms with Crippen molar-refractivity contribution >= 4 is 5.82 Å². The van der Waals surface area contributed by atoms with Gasteiger partial charge in [0, 0.05) is 24.2 Å². The second-order valence-electron chi connectivity index (χ2n) is 6.06. The van der Waals surface area contributed by atoms with Gasteiger partial charge in [-0.05, 0) is 13.0 Å². The second kappa shape index (κ2) is 7.25. The van der Waals surface area contributed by atoms with Crippen LogP contribution in [-0.2, 0) is 22.4 Å². The SMILES string of the molecule is c1ccc(-c2nc3c(c(NC[C@@H]4COCCO4)n2)CCNC3)cc1. The molecule has 4 rings (SSSR count). The van der Waals surface area contributed by atoms with Gasteiger partial charge in [0.25, 0.3) is 0 Å². The van der Waals surface area contributed by atoms with E-state index in [4.69, 9.17) is 19.4 Å². The van der Waals surface area contributed by atoms with E-state index in [1.54, 1.807) is 0 Å². The lowest BCUT2D eigenvalue weighted by Crippen LogP contribution is -2.35. The lowest BCUT2D eigenvalue weighted by atomic mass is 10.1. The van der Waals surface area contributed by atoms with E-state index >= 15 is 0 Å². The molecule has 24 heavy (non-hydrogen) atoms. The first-order valence-corrected chi connectivity index (χ1v) is 8.49. The predicted octanol–water partition coefficient (Wildman–Crippen LogP) is 1.62. The summed E-state index contributed by atoms with van der Waals surface area (Å²) in [5.41, 5.74) is 3.33. The van der Waals surface area contributed by atoms with Crippen molar-refractivity contribution in [2.24, 2.45) is 0 Å². The Bertz CT molecular complexity index is 687. The molecule has 0 aliphatic carbocycles. The Hall–Kier alpha value is -2.02. The maximum atomic E-state index is 5.72. The number of nitrogens with zero attached hydrogens (tertiary/aromatic N) is 2. The van der Waals surface area contributed by atoms with Crippen molar-refractivity contribution in [3.63, 3.8) is 0 Å². The van der Waals surface area contributed by atoms with Crippen molar-refractivity contribution in [1.29, 1.82) is 0 Å². The van der Waals surface area contributed by atoms with Crippen molar-refractivity contribution in [2.45, 2.75) is 19.1 Å². The van der Waals surface area contributed by atoms with E-state index < -0.39 is 0 Å². The Kier molecular flexibility index (Phi) is 4.69. The molecule has 2 aliphatic rings. The first-order chi connectivity index (χ1) is 11.9. The van der Waals surface area contributed by atoms with Gasteiger partial charge in [-0.2, -0.15) is 0 Å². The Labute approximate surface area is 141 Å². The van der Waals surface area contributed by atoms with E-state index in [0.717, 1.165) is 42.4 Å². The van der Waals surface area contributed by atoms with Gasteiger partial charge in [-0.25, -0.2) is 9.97 Å². The minimum absolute atomic E-state index is 0.0752. The fraction of sp³-hybridized carbons (Fsp3) is 0.444. The highest BCUT2D eigenvalue weighted by Crippen LogP contribution is 2.25. The van der Waals surface area contributed by atoms with Crippen LogP contribution in [0.2, 0.25) is 0 Å². The minimum atomic E-state index is 0.0752. The predicted molar refractivity (Wildman–Crippen MR) is 91.9 cm³/mol. The molecule has 2 N–H and O–H groups in total. The molecule has 0 bridgehead atoms. The van der Waals surface area contributed by atoms with Crippen LogP contribution in [0.15, 0.2) is 30.3 Å². The lowest BCUT2D eigenvalue weighted by Gasteiger charge is -2.25. The smallest absolute Gasteiger partial charge is 0.161 e. The number of nitrogens with one attached hydrogen (secondary N) is 2. The van der Waals surface area contributed by atoms with Crippen LogP contribution in [0.1, 0.15) is 11.3 Å². The van der Waals surface area contributed by atoms with Gasteiger partial charge in [-0.1, -0.05) is 30.3 Å². The summed E-state index contributed by atoms with van der Waals surface area (Å²) in [6.07, 6.45) is 1.01. The zero-order chi connectivity index (χ0) is 16.2. The second-order valence-corrected chi connectivity index (χ2v) is 6.06. The molecule has 1 fully saturated rings. The molecule has 0 spiro atoms. The highest BCUT2D eigenvalue weighted by Gasteiger charge is 2.20. The van der Waals surface area contributed by atoms with E-state index in [-0.39, 0.29) is 6.10 Å². The summed E-state index contributed by atoms with van der Waals surface area (Å²) in [6.45, 7) is 4.42. The zero-order valence-corrected chi connectivity index (χ0v) is 13.6. The van der Waals surface area contributed by atoms with Crippen molar-refractivity contribution < 1.29 is 9.47 Å². The van der Waals surface area contributed by atoms with E-state index in [9.17, 15) is 0 Å². The standard InChI is InChI=1S/C18H22N4O2/c1-2-4-13(5-3-1)17-21-16-11-19-7-6-15(16)18(22-17)20-10-14-12-23-8-9-24-14/h1-5,14,19H,6-12H2,(H,20,21,22)/t14-/m1/s1. The average Bonchev–Trinajstić information content (AvgIpc) is 2.67. The van der Waals surface area contributed by atoms with Crippen LogP contribution < -0.4 is 10.6 Å². The highest BCUT2D eigenvalue weighted by molar-refractivity contribution is 5.60. The van der Waals surface area contributed by atoms with Crippen LogP contribution in [0.3, 0.4) is 0 Å². The minimum Gasteiger partial charge on any atom is -0.376 e. The molecular weight excluding hydrogens is 304 g/mol. The first kappa shape index (κ1) is 15.5. The molecule has 0 radical (unpaired) electrons. The van der Waals surface area contributed by atoms with Gasteiger partial charge in [-0.3, -0.25) is 0 Å². The number of hydrogen-bond acceptors (Lipinski definition) is 6. The average molecular weight is 326 g/mol. The number of benzene rings is 1. The van der Waals surface area contributed by atoms with Gasteiger partial charge in [0.15, 0.2) is 5.82 Å². The molecule has 3 heterocycles. The molecule has 0 unspecified atom stereocenters. The van der Waals surface area contributed by atoms with Crippen molar-refractivity contribution in [3.05, 3.63) is 41.6 Å². The molecular formula is C18H22N4O2. The van der Waals surface area contributed by atoms with Gasteiger partial charge in [0.2, 0.25) is 0 Å². The molecule has 126 valence electrons. The van der Waals surface area contributed by atoms with Crippen molar-refractivity contribution in [3.8, 4) is 11.4 Å². The topological polar surface area (TPSA) is 68.3 Å². The largest absolute Gasteiger partial charge is 0.376 e. The Balaban J connectivity index is 1.61. The molecule has 0 saturated carbocycles. The number of hydrogen-bond donors (Lipinski definition) is 2. The summed E-state index contributed by atoms with van der Waals surface area (Å²) in [6, 6.07) is 10.1. The van der Waals surface area contributed by atoms with E-state index in [0.29, 0.717) is 26.4 Å². The van der Waals surface area contributed by atoms with Crippen LogP contribution >= 0.6 is 0 Å². The van der Waals surface area contributed by atoms with Crippen LogP contribution in [0, 0.1) is 0 Å². The maximum absolute atomic E-state index is 5.72. The quantitative estimate of drug-likeness (QED) is 0.890. The fourth-order valence-electron chi connectivity index (χ4n) is 3.09. The summed E-state index contributed by atoms with van der Waals surface area (Å²) in [5.74, 6) is 1.69. The van der Waals surface area contributed by atoms with Crippen LogP contribution in [0.5, 0.6) is 0 Å². The monoisotopic (exact) mass is 326 g/mol. The summed E-state index contributed by atoms with van der Waals surface area (Å²) in [5, 5.41) is 6.86. The molecule has 1 aromatic carbocycles. The van der Waals surface area contributed by atoms with E-state index in [1.807, 2.05) is 30.3 Å². The molecule has 2 aromatic rings. The number of rotatable bonds is 4. The summed E-state index contributed by atoms with van der Waals surface area (Å²) in [7, 11) is 0. The van der Waals surface area contributed by atoms with Crippen molar-refractivity contribution in [2.75, 3.05) is 38.2 Å². The Morgan fingerprint density at radius 3 is 2.92 bits per heavy atom. The van der Waals surface area contributed by atoms with E-state index in [1.165, 1.54) is 5.56 Å². The third-order valence-electron chi connectivity index (χ3n) is 4.35. The molecule has 1 atom stereocenters. The number of fused-ring (bicyclic) bond motifs is 1. The summed E-state index contributed by atoms with van der Waals surface area (Å²) < 4.78 is 11.2. The molecule has 2 aliphatic heterocycles. The molecule has 6 heteroatoms. The highest BCUT2D eigenvalue weighted by atomic mass is 16.6. The van der Waals surface area contributed by atoms with Gasteiger partial charge in [0.05, 0.1) is 31.6 Å². The summed E-state index contributed by atoms with van der Waals surface area (Å²) >= 11 is 0. The third kappa shape index (κ3) is 3.40. The zero-order valence-electron chi connectivity index (χ0n) is 13.6. The van der Waals surface area contributed by atoms with Gasteiger partial charge < -0.3 is 20.1 Å². The number of aromatic nitrogens is 2. The van der Waals surface area contributed by atoms with Crippen LogP contribution in [0.25, 0.3) is 11.4 Å². The van der Waals surface area contributed by atoms with E-state index in [2.05, 4.69) is 10.6 Å². The molecule has 6 nitrogen and oxygen atoms in total. The fourth-order valence-corrected chi connectivity index (χ4v) is 3.09. The number of ether oxygens (including phenoxy) is 2. The third-order valence-corrected chi connectivity index (χ3v) is 4.35. The number of anilines is 1. The normalized spacial score (nSPS) is 20.4. The van der Waals surface area contributed by atoms with Crippen LogP contribution in [0.4, 0.5) is 5.82 Å². The maximum Gasteiger partial charge on any atom is 0.161 e. The van der Waals surface area contributed by atoms with Gasteiger partial charge in [-0.15, -0.1) is 0 Å². The molecule has 1 aromatic heterocycles.